The number of likely N-dealkylation sites (tertiary alicyclic amines) is 1. The van der Waals surface area contributed by atoms with Gasteiger partial charge in [-0.25, -0.2) is 8.42 Å². The number of benzene rings is 2. The van der Waals surface area contributed by atoms with E-state index in [9.17, 15) is 18.0 Å². The first kappa shape index (κ1) is 26.0. The first-order valence-electron chi connectivity index (χ1n) is 12.2. The lowest BCUT2D eigenvalue weighted by molar-refractivity contribution is -0.129. The van der Waals surface area contributed by atoms with Gasteiger partial charge in [0, 0.05) is 37.9 Å². The molecule has 2 heterocycles. The third-order valence-electron chi connectivity index (χ3n) is 6.78. The third-order valence-corrected chi connectivity index (χ3v) is 8.64. The molecule has 36 heavy (non-hydrogen) atoms. The van der Waals surface area contributed by atoms with E-state index >= 15 is 0 Å². The summed E-state index contributed by atoms with van der Waals surface area (Å²) in [5.41, 5.74) is 1.52. The number of anilines is 1. The van der Waals surface area contributed by atoms with Gasteiger partial charge in [-0.1, -0.05) is 12.1 Å². The molecule has 2 amide bonds. The molecule has 0 radical (unpaired) electrons. The number of piperidine rings is 1. The summed E-state index contributed by atoms with van der Waals surface area (Å²) in [6, 6.07) is 11.7. The Kier molecular flexibility index (Phi) is 8.15. The predicted molar refractivity (Wildman–Crippen MR) is 136 cm³/mol. The Hall–Kier alpha value is -3.11. The summed E-state index contributed by atoms with van der Waals surface area (Å²) in [4.78, 5) is 27.3. The number of nitrogens with zero attached hydrogens (tertiary/aromatic N) is 2. The van der Waals surface area contributed by atoms with Gasteiger partial charge in [-0.3, -0.25) is 9.59 Å². The maximum Gasteiger partial charge on any atom is 0.243 e. The second-order valence-corrected chi connectivity index (χ2v) is 11.1. The Morgan fingerprint density at radius 2 is 1.64 bits per heavy atom. The minimum Gasteiger partial charge on any atom is -0.493 e. The van der Waals surface area contributed by atoms with Crippen LogP contribution in [0.15, 0.2) is 47.4 Å². The fraction of sp³-hybridized carbons (Fsp3) is 0.462. The molecule has 0 saturated carbocycles. The molecular weight excluding hydrogens is 482 g/mol. The van der Waals surface area contributed by atoms with Crippen molar-refractivity contribution in [2.75, 3.05) is 45.7 Å². The molecular formula is C26H33N3O6S. The summed E-state index contributed by atoms with van der Waals surface area (Å²) in [5, 5.41) is 2.90. The van der Waals surface area contributed by atoms with E-state index in [2.05, 4.69) is 5.32 Å². The molecule has 2 saturated heterocycles. The van der Waals surface area contributed by atoms with Crippen molar-refractivity contribution in [3.05, 3.63) is 48.0 Å². The first-order valence-corrected chi connectivity index (χ1v) is 13.7. The number of sulfonamides is 1. The summed E-state index contributed by atoms with van der Waals surface area (Å²) in [6.45, 7) is 2.10. The largest absolute Gasteiger partial charge is 0.493 e. The fourth-order valence-electron chi connectivity index (χ4n) is 4.70. The molecule has 0 aromatic heterocycles. The molecule has 2 aromatic rings. The standard InChI is InChI=1S/C26H33N3O6S/c1-34-23-12-11-22(17-24(23)35-2)36(32,33)29-15-5-6-20(18-29)26(31)27-21-9-7-19(8-10-21)16-25(30)28-13-3-4-14-28/h7-12,17,20H,3-6,13-16,18H2,1-2H3,(H,27,31). The van der Waals surface area contributed by atoms with E-state index in [1.165, 1.54) is 30.7 Å². The molecule has 1 N–H and O–H groups in total. The van der Waals surface area contributed by atoms with E-state index in [1.807, 2.05) is 17.0 Å². The Morgan fingerprint density at radius 3 is 2.31 bits per heavy atom. The highest BCUT2D eigenvalue weighted by Crippen LogP contribution is 2.32. The average molecular weight is 516 g/mol. The highest BCUT2D eigenvalue weighted by molar-refractivity contribution is 7.89. The van der Waals surface area contributed by atoms with Crippen LogP contribution in [0.4, 0.5) is 5.69 Å². The zero-order valence-corrected chi connectivity index (χ0v) is 21.6. The van der Waals surface area contributed by atoms with E-state index < -0.39 is 15.9 Å². The number of carbonyl (C=O) groups excluding carboxylic acids is 2. The fourth-order valence-corrected chi connectivity index (χ4v) is 6.24. The lowest BCUT2D eigenvalue weighted by Gasteiger charge is -2.31. The topological polar surface area (TPSA) is 105 Å². The molecule has 0 aliphatic carbocycles. The van der Waals surface area contributed by atoms with Crippen LogP contribution in [0.5, 0.6) is 11.5 Å². The van der Waals surface area contributed by atoms with Gasteiger partial charge in [0.2, 0.25) is 21.8 Å². The maximum atomic E-state index is 13.3. The van der Waals surface area contributed by atoms with Crippen molar-refractivity contribution < 1.29 is 27.5 Å². The lowest BCUT2D eigenvalue weighted by atomic mass is 9.98. The highest BCUT2D eigenvalue weighted by atomic mass is 32.2. The van der Waals surface area contributed by atoms with Crippen LogP contribution in [0, 0.1) is 5.92 Å². The second-order valence-electron chi connectivity index (χ2n) is 9.17. The number of hydrogen-bond donors (Lipinski definition) is 1. The quantitative estimate of drug-likeness (QED) is 0.580. The normalized spacial score (nSPS) is 18.6. The molecule has 194 valence electrons. The van der Waals surface area contributed by atoms with Crippen molar-refractivity contribution >= 4 is 27.5 Å². The van der Waals surface area contributed by atoms with E-state index in [-0.39, 0.29) is 23.3 Å². The van der Waals surface area contributed by atoms with Gasteiger partial charge in [0.15, 0.2) is 11.5 Å². The summed E-state index contributed by atoms with van der Waals surface area (Å²) in [7, 11) is -0.862. The maximum absolute atomic E-state index is 13.3. The highest BCUT2D eigenvalue weighted by Gasteiger charge is 2.34. The van der Waals surface area contributed by atoms with Crippen molar-refractivity contribution in [1.29, 1.82) is 0 Å². The van der Waals surface area contributed by atoms with Gasteiger partial charge in [0.05, 0.1) is 31.5 Å². The van der Waals surface area contributed by atoms with Crippen LogP contribution in [0.2, 0.25) is 0 Å². The summed E-state index contributed by atoms with van der Waals surface area (Å²) < 4.78 is 38.3. The molecule has 1 unspecified atom stereocenters. The smallest absolute Gasteiger partial charge is 0.243 e. The molecule has 10 heteroatoms. The van der Waals surface area contributed by atoms with Crippen LogP contribution in [0.3, 0.4) is 0 Å². The minimum absolute atomic E-state index is 0.0975. The van der Waals surface area contributed by atoms with Gasteiger partial charge in [-0.05, 0) is 55.5 Å². The van der Waals surface area contributed by atoms with E-state index in [1.54, 1.807) is 18.2 Å². The van der Waals surface area contributed by atoms with Gasteiger partial charge in [0.25, 0.3) is 0 Å². The number of ether oxygens (including phenoxy) is 2. The number of methoxy groups -OCH3 is 2. The summed E-state index contributed by atoms with van der Waals surface area (Å²) >= 11 is 0. The Morgan fingerprint density at radius 1 is 0.944 bits per heavy atom. The molecule has 2 aliphatic rings. The van der Waals surface area contributed by atoms with E-state index in [0.29, 0.717) is 43.0 Å². The molecule has 2 fully saturated rings. The van der Waals surface area contributed by atoms with Crippen molar-refractivity contribution in [2.24, 2.45) is 5.92 Å². The number of hydrogen-bond acceptors (Lipinski definition) is 6. The Bertz CT molecular complexity index is 1190. The number of nitrogens with one attached hydrogen (secondary N) is 1. The SMILES string of the molecule is COc1ccc(S(=O)(=O)N2CCCC(C(=O)Nc3ccc(CC(=O)N4CCCC4)cc3)C2)cc1OC. The summed E-state index contributed by atoms with van der Waals surface area (Å²) in [6.07, 6.45) is 3.66. The molecule has 2 aromatic carbocycles. The number of carbonyl (C=O) groups is 2. The van der Waals surface area contributed by atoms with Crippen LogP contribution in [-0.4, -0.2) is 69.8 Å². The van der Waals surface area contributed by atoms with Gasteiger partial charge >= 0.3 is 0 Å². The molecule has 9 nitrogen and oxygen atoms in total. The van der Waals surface area contributed by atoms with E-state index in [0.717, 1.165) is 31.5 Å². The minimum atomic E-state index is -3.80. The van der Waals surface area contributed by atoms with E-state index in [4.69, 9.17) is 9.47 Å². The zero-order valence-electron chi connectivity index (χ0n) is 20.7. The molecule has 0 bridgehead atoms. The molecule has 4 rings (SSSR count). The van der Waals surface area contributed by atoms with Crippen molar-refractivity contribution in [1.82, 2.24) is 9.21 Å². The number of amides is 2. The second kappa shape index (κ2) is 11.3. The van der Waals surface area contributed by atoms with Crippen LogP contribution >= 0.6 is 0 Å². The predicted octanol–water partition coefficient (Wildman–Crippen LogP) is 2.91. The zero-order chi connectivity index (χ0) is 25.7. The van der Waals surface area contributed by atoms with Crippen LogP contribution in [0.25, 0.3) is 0 Å². The van der Waals surface area contributed by atoms with Crippen LogP contribution in [-0.2, 0) is 26.0 Å². The monoisotopic (exact) mass is 515 g/mol. The van der Waals surface area contributed by atoms with Crippen LogP contribution < -0.4 is 14.8 Å². The molecule has 1 atom stereocenters. The van der Waals surface area contributed by atoms with Gasteiger partial charge < -0.3 is 19.7 Å². The van der Waals surface area contributed by atoms with Crippen LogP contribution in [0.1, 0.15) is 31.2 Å². The molecule has 0 spiro atoms. The Labute approximate surface area is 212 Å². The average Bonchev–Trinajstić information content (AvgIpc) is 3.45. The van der Waals surface area contributed by atoms with Crippen molar-refractivity contribution in [3.8, 4) is 11.5 Å². The number of rotatable bonds is 8. The van der Waals surface area contributed by atoms with Gasteiger partial charge in [-0.15, -0.1) is 0 Å². The molecule has 2 aliphatic heterocycles. The third kappa shape index (κ3) is 5.82. The Balaban J connectivity index is 1.37. The van der Waals surface area contributed by atoms with Gasteiger partial charge in [-0.2, -0.15) is 4.31 Å². The summed E-state index contributed by atoms with van der Waals surface area (Å²) in [5.74, 6) is 0.213. The van der Waals surface area contributed by atoms with Crippen molar-refractivity contribution in [2.45, 2.75) is 37.0 Å². The lowest BCUT2D eigenvalue weighted by Crippen LogP contribution is -2.43. The van der Waals surface area contributed by atoms with Gasteiger partial charge in [0.1, 0.15) is 0 Å². The van der Waals surface area contributed by atoms with Crippen molar-refractivity contribution in [3.63, 3.8) is 0 Å². The first-order chi connectivity index (χ1) is 17.3.